The molecule has 0 radical (unpaired) electrons. The summed E-state index contributed by atoms with van der Waals surface area (Å²) >= 11 is 0. The number of piperidine rings is 1. The molecule has 5 heteroatoms. The molecule has 3 rings (SSSR count). The summed E-state index contributed by atoms with van der Waals surface area (Å²) < 4.78 is 0. The van der Waals surface area contributed by atoms with Crippen molar-refractivity contribution in [3.05, 3.63) is 36.0 Å². The molecule has 3 N–H and O–H groups in total. The molecule has 2 aromatic rings. The van der Waals surface area contributed by atoms with Crippen LogP contribution in [-0.2, 0) is 16.0 Å². The van der Waals surface area contributed by atoms with Crippen molar-refractivity contribution in [1.29, 1.82) is 0 Å². The minimum Gasteiger partial charge on any atom is -0.369 e. The van der Waals surface area contributed by atoms with E-state index >= 15 is 0 Å². The van der Waals surface area contributed by atoms with Gasteiger partial charge in [-0.25, -0.2) is 0 Å². The maximum atomic E-state index is 12.2. The van der Waals surface area contributed by atoms with Crippen molar-refractivity contribution in [3.8, 4) is 0 Å². The number of nitrogens with one attached hydrogen (secondary N) is 1. The van der Waals surface area contributed by atoms with E-state index in [1.807, 2.05) is 24.4 Å². The van der Waals surface area contributed by atoms with Gasteiger partial charge in [0.05, 0.1) is 0 Å². The van der Waals surface area contributed by atoms with Gasteiger partial charge in [0.2, 0.25) is 11.8 Å². The number of carbonyl (C=O) groups is 2. The van der Waals surface area contributed by atoms with E-state index in [0.29, 0.717) is 19.5 Å². The van der Waals surface area contributed by atoms with Crippen LogP contribution in [0.25, 0.3) is 10.9 Å². The number of rotatable bonds is 4. The lowest BCUT2D eigenvalue weighted by Gasteiger charge is -2.30. The fraction of sp³-hybridized carbons (Fsp3) is 0.375. The number of nitrogens with zero attached hydrogens (tertiary/aromatic N) is 1. The zero-order chi connectivity index (χ0) is 14.8. The van der Waals surface area contributed by atoms with Gasteiger partial charge in [0.25, 0.3) is 0 Å². The van der Waals surface area contributed by atoms with Crippen molar-refractivity contribution >= 4 is 22.7 Å². The number of fused-ring (bicyclic) bond motifs is 1. The normalized spacial score (nSPS) is 19.1. The Labute approximate surface area is 123 Å². The lowest BCUT2D eigenvalue weighted by Crippen LogP contribution is -2.46. The van der Waals surface area contributed by atoms with Gasteiger partial charge < -0.3 is 15.6 Å². The van der Waals surface area contributed by atoms with Gasteiger partial charge in [0.1, 0.15) is 5.92 Å². The summed E-state index contributed by atoms with van der Waals surface area (Å²) in [6.45, 7) is 1.34. The van der Waals surface area contributed by atoms with E-state index in [0.717, 1.165) is 18.4 Å². The summed E-state index contributed by atoms with van der Waals surface area (Å²) in [5, 5.41) is 1.19. The van der Waals surface area contributed by atoms with Gasteiger partial charge in [-0.2, -0.15) is 0 Å². The Bertz CT molecular complexity index is 677. The molecule has 0 saturated carbocycles. The predicted octanol–water partition coefficient (Wildman–Crippen LogP) is 1.43. The summed E-state index contributed by atoms with van der Waals surface area (Å²) in [5.41, 5.74) is 7.59. The lowest BCUT2D eigenvalue weighted by atomic mass is 9.96. The number of benzene rings is 1. The number of nitrogens with two attached hydrogens (primary N) is 1. The van der Waals surface area contributed by atoms with Crippen molar-refractivity contribution < 1.29 is 9.59 Å². The molecule has 1 aliphatic heterocycles. The van der Waals surface area contributed by atoms with Crippen LogP contribution in [0.2, 0.25) is 0 Å². The number of hydrogen-bond donors (Lipinski definition) is 2. The van der Waals surface area contributed by atoms with E-state index in [4.69, 9.17) is 5.73 Å². The molecule has 0 spiro atoms. The highest BCUT2D eigenvalue weighted by atomic mass is 16.2. The average Bonchev–Trinajstić information content (AvgIpc) is 2.89. The fourth-order valence-electron chi connectivity index (χ4n) is 3.02. The van der Waals surface area contributed by atoms with E-state index < -0.39 is 11.8 Å². The Kier molecular flexibility index (Phi) is 3.64. The minimum absolute atomic E-state index is 0.117. The first-order chi connectivity index (χ1) is 10.2. The highest BCUT2D eigenvalue weighted by molar-refractivity contribution is 6.00. The van der Waals surface area contributed by atoms with Crippen molar-refractivity contribution in [2.75, 3.05) is 13.1 Å². The lowest BCUT2D eigenvalue weighted by molar-refractivity contribution is -0.143. The number of likely N-dealkylation sites (tertiary alicyclic amines) is 1. The van der Waals surface area contributed by atoms with Crippen LogP contribution in [0.4, 0.5) is 0 Å². The maximum absolute atomic E-state index is 12.2. The third kappa shape index (κ3) is 2.63. The third-order valence-electron chi connectivity index (χ3n) is 4.20. The van der Waals surface area contributed by atoms with Crippen LogP contribution < -0.4 is 5.73 Å². The molecule has 1 fully saturated rings. The maximum Gasteiger partial charge on any atom is 0.235 e. The van der Waals surface area contributed by atoms with Crippen LogP contribution in [0.1, 0.15) is 18.4 Å². The molecular formula is C16H19N3O2. The molecule has 110 valence electrons. The Morgan fingerprint density at radius 3 is 3.00 bits per heavy atom. The predicted molar refractivity (Wildman–Crippen MR) is 80.5 cm³/mol. The number of aromatic nitrogens is 1. The SMILES string of the molecule is NC(=O)C1CCCN(CCc2c[nH]c3ccccc23)C1=O. The molecule has 0 aliphatic carbocycles. The summed E-state index contributed by atoms with van der Waals surface area (Å²) in [4.78, 5) is 28.5. The molecule has 1 atom stereocenters. The number of primary amides is 1. The Morgan fingerprint density at radius 2 is 2.19 bits per heavy atom. The van der Waals surface area contributed by atoms with Crippen LogP contribution in [0.15, 0.2) is 30.5 Å². The number of para-hydroxylation sites is 1. The molecule has 2 heterocycles. The zero-order valence-corrected chi connectivity index (χ0v) is 11.8. The first-order valence-electron chi connectivity index (χ1n) is 7.30. The van der Waals surface area contributed by atoms with Gasteiger partial charge >= 0.3 is 0 Å². The van der Waals surface area contributed by atoms with Gasteiger partial charge in [0.15, 0.2) is 0 Å². The Morgan fingerprint density at radius 1 is 1.38 bits per heavy atom. The van der Waals surface area contributed by atoms with Crippen LogP contribution >= 0.6 is 0 Å². The number of aromatic amines is 1. The van der Waals surface area contributed by atoms with E-state index in [1.54, 1.807) is 4.90 Å². The molecule has 21 heavy (non-hydrogen) atoms. The molecular weight excluding hydrogens is 266 g/mol. The van der Waals surface area contributed by atoms with Crippen molar-refractivity contribution in [3.63, 3.8) is 0 Å². The molecule has 5 nitrogen and oxygen atoms in total. The number of hydrogen-bond acceptors (Lipinski definition) is 2. The Hall–Kier alpha value is -2.30. The largest absolute Gasteiger partial charge is 0.369 e. The first-order valence-corrected chi connectivity index (χ1v) is 7.30. The smallest absolute Gasteiger partial charge is 0.235 e. The van der Waals surface area contributed by atoms with Gasteiger partial charge in [0, 0.05) is 30.2 Å². The van der Waals surface area contributed by atoms with Crippen molar-refractivity contribution in [2.45, 2.75) is 19.3 Å². The van der Waals surface area contributed by atoms with Crippen LogP contribution in [0.3, 0.4) is 0 Å². The Balaban J connectivity index is 1.70. The standard InChI is InChI=1S/C16H19N3O2/c17-15(20)13-5-3-8-19(16(13)21)9-7-11-10-18-14-6-2-1-4-12(11)14/h1-2,4,6,10,13,18H,3,5,7-9H2,(H2,17,20). The quantitative estimate of drug-likeness (QED) is 0.834. The first kappa shape index (κ1) is 13.7. The second-order valence-corrected chi connectivity index (χ2v) is 5.53. The second kappa shape index (κ2) is 5.60. The number of amides is 2. The molecule has 1 saturated heterocycles. The average molecular weight is 285 g/mol. The van der Waals surface area contributed by atoms with Crippen molar-refractivity contribution in [2.24, 2.45) is 11.7 Å². The van der Waals surface area contributed by atoms with Gasteiger partial charge in [-0.05, 0) is 30.9 Å². The van der Waals surface area contributed by atoms with Crippen molar-refractivity contribution in [1.82, 2.24) is 9.88 Å². The van der Waals surface area contributed by atoms with E-state index in [2.05, 4.69) is 11.1 Å². The van der Waals surface area contributed by atoms with Crippen LogP contribution in [0.5, 0.6) is 0 Å². The van der Waals surface area contributed by atoms with Crippen LogP contribution in [-0.4, -0.2) is 34.8 Å². The van der Waals surface area contributed by atoms with E-state index in [-0.39, 0.29) is 5.91 Å². The van der Waals surface area contributed by atoms with Gasteiger partial charge in [-0.3, -0.25) is 9.59 Å². The zero-order valence-electron chi connectivity index (χ0n) is 11.8. The van der Waals surface area contributed by atoms with E-state index in [1.165, 1.54) is 10.9 Å². The molecule has 0 bridgehead atoms. The second-order valence-electron chi connectivity index (χ2n) is 5.53. The molecule has 1 aliphatic rings. The highest BCUT2D eigenvalue weighted by Crippen LogP contribution is 2.21. The van der Waals surface area contributed by atoms with E-state index in [9.17, 15) is 9.59 Å². The molecule has 1 aromatic heterocycles. The summed E-state index contributed by atoms with van der Waals surface area (Å²) in [6, 6.07) is 8.11. The van der Waals surface area contributed by atoms with Crippen LogP contribution in [0, 0.1) is 5.92 Å². The number of H-pyrrole nitrogens is 1. The monoisotopic (exact) mass is 285 g/mol. The highest BCUT2D eigenvalue weighted by Gasteiger charge is 2.32. The van der Waals surface area contributed by atoms with Gasteiger partial charge in [-0.1, -0.05) is 18.2 Å². The number of carbonyl (C=O) groups excluding carboxylic acids is 2. The van der Waals surface area contributed by atoms with Gasteiger partial charge in [-0.15, -0.1) is 0 Å². The molecule has 2 amide bonds. The molecule has 1 unspecified atom stereocenters. The minimum atomic E-state index is -0.637. The topological polar surface area (TPSA) is 79.2 Å². The summed E-state index contributed by atoms with van der Waals surface area (Å²) in [6.07, 6.45) is 4.19. The fourth-order valence-corrected chi connectivity index (χ4v) is 3.02. The molecule has 1 aromatic carbocycles. The summed E-state index contributed by atoms with van der Waals surface area (Å²) in [5.74, 6) is -1.26. The summed E-state index contributed by atoms with van der Waals surface area (Å²) in [7, 11) is 0. The third-order valence-corrected chi connectivity index (χ3v) is 4.20.